The standard InChI is InChI=1S/C17H19N3/c1-11-5-12(2)7-17(6-11)20-13(3)8-15(14(20)4)9-16(19)10-18/h5-9H,19H2,1-4H3/b16-9+. The first kappa shape index (κ1) is 14.0. The zero-order valence-corrected chi connectivity index (χ0v) is 12.4. The van der Waals surface area contributed by atoms with Crippen LogP contribution < -0.4 is 5.73 Å². The van der Waals surface area contributed by atoms with Gasteiger partial charge in [0.05, 0.1) is 0 Å². The minimum atomic E-state index is 0.227. The van der Waals surface area contributed by atoms with Crippen LogP contribution in [0.15, 0.2) is 30.0 Å². The topological polar surface area (TPSA) is 54.7 Å². The average molecular weight is 265 g/mol. The van der Waals surface area contributed by atoms with Crippen molar-refractivity contribution in [2.75, 3.05) is 0 Å². The molecule has 0 saturated carbocycles. The van der Waals surface area contributed by atoms with Gasteiger partial charge in [0.15, 0.2) is 0 Å². The van der Waals surface area contributed by atoms with Crippen LogP contribution in [-0.2, 0) is 0 Å². The summed E-state index contributed by atoms with van der Waals surface area (Å²) in [6.45, 7) is 8.30. The molecule has 0 fully saturated rings. The SMILES string of the molecule is Cc1cc(C)cc(-n2c(C)cc(/C=C(/N)C#N)c2C)c1. The van der Waals surface area contributed by atoms with Gasteiger partial charge in [0.25, 0.3) is 0 Å². The summed E-state index contributed by atoms with van der Waals surface area (Å²) in [4.78, 5) is 0. The van der Waals surface area contributed by atoms with Crippen molar-refractivity contribution in [2.45, 2.75) is 27.7 Å². The van der Waals surface area contributed by atoms with E-state index in [0.717, 1.165) is 22.6 Å². The number of nitriles is 1. The van der Waals surface area contributed by atoms with E-state index in [9.17, 15) is 0 Å². The van der Waals surface area contributed by atoms with Crippen molar-refractivity contribution in [3.63, 3.8) is 0 Å². The molecular formula is C17H19N3. The fraction of sp³-hybridized carbons (Fsp3) is 0.235. The van der Waals surface area contributed by atoms with E-state index in [1.807, 2.05) is 13.0 Å². The van der Waals surface area contributed by atoms with E-state index in [4.69, 9.17) is 11.0 Å². The number of nitrogens with zero attached hydrogens (tertiary/aromatic N) is 2. The van der Waals surface area contributed by atoms with Crippen LogP contribution >= 0.6 is 0 Å². The van der Waals surface area contributed by atoms with Gasteiger partial charge in [-0.3, -0.25) is 0 Å². The summed E-state index contributed by atoms with van der Waals surface area (Å²) in [5.41, 5.74) is 12.7. The predicted molar refractivity (Wildman–Crippen MR) is 82.5 cm³/mol. The molecule has 0 saturated heterocycles. The molecule has 3 nitrogen and oxygen atoms in total. The Morgan fingerprint density at radius 2 is 1.70 bits per heavy atom. The normalized spacial score (nSPS) is 11.4. The lowest BCUT2D eigenvalue weighted by molar-refractivity contribution is 0.960. The second kappa shape index (κ2) is 5.26. The number of hydrogen-bond donors (Lipinski definition) is 1. The van der Waals surface area contributed by atoms with Crippen molar-refractivity contribution in [1.29, 1.82) is 5.26 Å². The summed E-state index contributed by atoms with van der Waals surface area (Å²) in [6.07, 6.45) is 1.72. The first-order chi connectivity index (χ1) is 9.42. The van der Waals surface area contributed by atoms with Gasteiger partial charge in [0.1, 0.15) is 11.8 Å². The Morgan fingerprint density at radius 1 is 1.10 bits per heavy atom. The smallest absolute Gasteiger partial charge is 0.117 e. The maximum atomic E-state index is 8.80. The Bertz CT molecular complexity index is 707. The van der Waals surface area contributed by atoms with E-state index in [1.54, 1.807) is 6.08 Å². The van der Waals surface area contributed by atoms with Crippen LogP contribution in [0.1, 0.15) is 28.1 Å². The second-order valence-corrected chi connectivity index (χ2v) is 5.22. The first-order valence-electron chi connectivity index (χ1n) is 6.57. The quantitative estimate of drug-likeness (QED) is 0.844. The van der Waals surface area contributed by atoms with E-state index in [0.29, 0.717) is 0 Å². The third kappa shape index (κ3) is 2.60. The summed E-state index contributed by atoms with van der Waals surface area (Å²) in [5, 5.41) is 8.80. The number of aryl methyl sites for hydroxylation is 3. The third-order valence-electron chi connectivity index (χ3n) is 3.38. The molecule has 0 atom stereocenters. The lowest BCUT2D eigenvalue weighted by atomic mass is 10.1. The lowest BCUT2D eigenvalue weighted by Gasteiger charge is -2.11. The zero-order chi connectivity index (χ0) is 14.9. The highest BCUT2D eigenvalue weighted by atomic mass is 15.0. The number of rotatable bonds is 2. The molecule has 0 aliphatic carbocycles. The summed E-state index contributed by atoms with van der Waals surface area (Å²) in [7, 11) is 0. The van der Waals surface area contributed by atoms with Gasteiger partial charge < -0.3 is 10.3 Å². The summed E-state index contributed by atoms with van der Waals surface area (Å²) >= 11 is 0. The van der Waals surface area contributed by atoms with E-state index < -0.39 is 0 Å². The van der Waals surface area contributed by atoms with Crippen molar-refractivity contribution < 1.29 is 0 Å². The number of aromatic nitrogens is 1. The van der Waals surface area contributed by atoms with Gasteiger partial charge in [-0.15, -0.1) is 0 Å². The number of allylic oxidation sites excluding steroid dienone is 1. The summed E-state index contributed by atoms with van der Waals surface area (Å²) in [5.74, 6) is 0. The van der Waals surface area contributed by atoms with Gasteiger partial charge in [-0.1, -0.05) is 6.07 Å². The molecule has 0 spiro atoms. The second-order valence-electron chi connectivity index (χ2n) is 5.22. The number of hydrogen-bond acceptors (Lipinski definition) is 2. The number of benzene rings is 1. The largest absolute Gasteiger partial charge is 0.390 e. The monoisotopic (exact) mass is 265 g/mol. The maximum absolute atomic E-state index is 8.80. The van der Waals surface area contributed by atoms with Crippen LogP contribution in [0.2, 0.25) is 0 Å². The number of nitrogens with two attached hydrogens (primary N) is 1. The Balaban J connectivity index is 2.62. The fourth-order valence-corrected chi connectivity index (χ4v) is 2.61. The fourth-order valence-electron chi connectivity index (χ4n) is 2.61. The molecule has 0 aliphatic rings. The van der Waals surface area contributed by atoms with Crippen LogP contribution in [0, 0.1) is 39.0 Å². The molecule has 102 valence electrons. The molecule has 0 unspecified atom stereocenters. The molecule has 1 aromatic heterocycles. The zero-order valence-electron chi connectivity index (χ0n) is 12.4. The van der Waals surface area contributed by atoms with E-state index in [2.05, 4.69) is 49.6 Å². The summed E-state index contributed by atoms with van der Waals surface area (Å²) < 4.78 is 2.19. The van der Waals surface area contributed by atoms with Gasteiger partial charge >= 0.3 is 0 Å². The van der Waals surface area contributed by atoms with Gasteiger partial charge in [-0.2, -0.15) is 5.26 Å². The predicted octanol–water partition coefficient (Wildman–Crippen LogP) is 3.53. The van der Waals surface area contributed by atoms with Crippen molar-refractivity contribution in [2.24, 2.45) is 5.73 Å². The molecule has 3 heteroatoms. The molecular weight excluding hydrogens is 246 g/mol. The van der Waals surface area contributed by atoms with E-state index >= 15 is 0 Å². The minimum Gasteiger partial charge on any atom is -0.390 e. The van der Waals surface area contributed by atoms with Gasteiger partial charge in [-0.25, -0.2) is 0 Å². The molecule has 20 heavy (non-hydrogen) atoms. The van der Waals surface area contributed by atoms with Crippen molar-refractivity contribution in [3.8, 4) is 11.8 Å². The van der Waals surface area contributed by atoms with Gasteiger partial charge in [0.2, 0.25) is 0 Å². The van der Waals surface area contributed by atoms with E-state index in [-0.39, 0.29) is 5.70 Å². The molecule has 1 heterocycles. The minimum absolute atomic E-state index is 0.227. The maximum Gasteiger partial charge on any atom is 0.117 e. The average Bonchev–Trinajstić information content (AvgIpc) is 2.63. The van der Waals surface area contributed by atoms with Crippen LogP contribution in [0.3, 0.4) is 0 Å². The molecule has 1 aromatic carbocycles. The summed E-state index contributed by atoms with van der Waals surface area (Å²) in [6, 6.07) is 10.5. The highest BCUT2D eigenvalue weighted by Gasteiger charge is 2.10. The molecule has 2 aromatic rings. The van der Waals surface area contributed by atoms with Crippen molar-refractivity contribution >= 4 is 6.08 Å². The highest BCUT2D eigenvalue weighted by molar-refractivity contribution is 5.61. The van der Waals surface area contributed by atoms with Crippen LogP contribution in [0.5, 0.6) is 0 Å². The Kier molecular flexibility index (Phi) is 3.67. The van der Waals surface area contributed by atoms with Crippen molar-refractivity contribution in [3.05, 3.63) is 58.0 Å². The Morgan fingerprint density at radius 3 is 2.25 bits per heavy atom. The Labute approximate surface area is 120 Å². The van der Waals surface area contributed by atoms with Crippen LogP contribution in [0.25, 0.3) is 11.8 Å². The van der Waals surface area contributed by atoms with Gasteiger partial charge in [-0.05, 0) is 68.7 Å². The molecule has 0 aliphatic heterocycles. The molecule has 0 radical (unpaired) electrons. The molecule has 0 amide bonds. The van der Waals surface area contributed by atoms with Gasteiger partial charge in [0, 0.05) is 17.1 Å². The van der Waals surface area contributed by atoms with Crippen LogP contribution in [-0.4, -0.2) is 4.57 Å². The first-order valence-corrected chi connectivity index (χ1v) is 6.57. The van der Waals surface area contributed by atoms with E-state index in [1.165, 1.54) is 11.1 Å². The Hall–Kier alpha value is -2.47. The third-order valence-corrected chi connectivity index (χ3v) is 3.38. The van der Waals surface area contributed by atoms with Crippen LogP contribution in [0.4, 0.5) is 0 Å². The van der Waals surface area contributed by atoms with Crippen molar-refractivity contribution in [1.82, 2.24) is 4.57 Å². The molecule has 0 bridgehead atoms. The molecule has 2 N–H and O–H groups in total. The lowest BCUT2D eigenvalue weighted by Crippen LogP contribution is -2.00. The molecule has 2 rings (SSSR count). The highest BCUT2D eigenvalue weighted by Crippen LogP contribution is 2.23.